The van der Waals surface area contributed by atoms with E-state index in [0.717, 1.165) is 12.8 Å². The van der Waals surface area contributed by atoms with Crippen LogP contribution < -0.4 is 0 Å². The van der Waals surface area contributed by atoms with Crippen molar-refractivity contribution in [2.24, 2.45) is 5.92 Å². The van der Waals surface area contributed by atoms with Crippen molar-refractivity contribution in [2.75, 3.05) is 0 Å². The van der Waals surface area contributed by atoms with E-state index in [0.29, 0.717) is 24.1 Å². The maximum absolute atomic E-state index is 12.9. The molecular weight excluding hydrogens is 243 g/mol. The van der Waals surface area contributed by atoms with Gasteiger partial charge in [-0.3, -0.25) is 4.68 Å². The van der Waals surface area contributed by atoms with Crippen LogP contribution in [0.25, 0.3) is 0 Å². The minimum Gasteiger partial charge on any atom is -0.267 e. The van der Waals surface area contributed by atoms with Gasteiger partial charge in [0.05, 0.1) is 18.5 Å². The summed E-state index contributed by atoms with van der Waals surface area (Å²) < 4.78 is 40.0. The van der Waals surface area contributed by atoms with Gasteiger partial charge >= 0.3 is 6.18 Å². The van der Waals surface area contributed by atoms with Crippen molar-refractivity contribution < 1.29 is 13.2 Å². The van der Waals surface area contributed by atoms with Crippen LogP contribution in [0, 0.1) is 17.2 Å². The van der Waals surface area contributed by atoms with E-state index in [1.54, 1.807) is 6.92 Å². The molecule has 0 N–H and O–H groups in total. The van der Waals surface area contributed by atoms with Crippen LogP contribution in [0.1, 0.15) is 36.7 Å². The molecule has 98 valence electrons. The molecule has 3 nitrogen and oxygen atoms in total. The molecule has 1 heterocycles. The third kappa shape index (κ3) is 2.35. The van der Waals surface area contributed by atoms with Crippen molar-refractivity contribution in [1.82, 2.24) is 9.78 Å². The standard InChI is InChI=1S/C12H14F3N3/c1-8(6-16)7-18-10-5-3-2-4-9(10)11(17-18)12(13,14)15/h8H,2-5,7H2,1H3. The van der Waals surface area contributed by atoms with Gasteiger partial charge in [0.15, 0.2) is 5.69 Å². The monoisotopic (exact) mass is 257 g/mol. The lowest BCUT2D eigenvalue weighted by atomic mass is 9.95. The largest absolute Gasteiger partial charge is 0.435 e. The lowest BCUT2D eigenvalue weighted by Crippen LogP contribution is -2.13. The number of hydrogen-bond acceptors (Lipinski definition) is 2. The zero-order valence-corrected chi connectivity index (χ0v) is 10.1. The number of aromatic nitrogens is 2. The SMILES string of the molecule is CC(C#N)Cn1nc(C(F)(F)F)c2c1CCCC2. The van der Waals surface area contributed by atoms with Crippen LogP contribution in [0.15, 0.2) is 0 Å². The maximum atomic E-state index is 12.9. The molecule has 0 saturated carbocycles. The molecule has 0 bridgehead atoms. The Bertz CT molecular complexity index is 482. The predicted octanol–water partition coefficient (Wildman–Crippen LogP) is 2.94. The third-order valence-electron chi connectivity index (χ3n) is 3.19. The number of nitrogens with zero attached hydrogens (tertiary/aromatic N) is 3. The molecule has 1 unspecified atom stereocenters. The highest BCUT2D eigenvalue weighted by Gasteiger charge is 2.39. The van der Waals surface area contributed by atoms with Crippen LogP contribution in [-0.4, -0.2) is 9.78 Å². The molecular formula is C12H14F3N3. The quantitative estimate of drug-likeness (QED) is 0.817. The number of fused-ring (bicyclic) bond motifs is 1. The average molecular weight is 257 g/mol. The van der Waals surface area contributed by atoms with Crippen molar-refractivity contribution in [3.05, 3.63) is 17.0 Å². The first kappa shape index (κ1) is 12.9. The fourth-order valence-electron chi connectivity index (χ4n) is 2.35. The van der Waals surface area contributed by atoms with Crippen LogP contribution in [0.3, 0.4) is 0 Å². The summed E-state index contributed by atoms with van der Waals surface area (Å²) in [4.78, 5) is 0. The number of alkyl halides is 3. The van der Waals surface area contributed by atoms with Crippen molar-refractivity contribution >= 4 is 0 Å². The normalized spacial score (nSPS) is 17.1. The zero-order valence-electron chi connectivity index (χ0n) is 10.1. The topological polar surface area (TPSA) is 41.6 Å². The maximum Gasteiger partial charge on any atom is 0.435 e. The van der Waals surface area contributed by atoms with Crippen molar-refractivity contribution in [2.45, 2.75) is 45.3 Å². The summed E-state index contributed by atoms with van der Waals surface area (Å²) in [5.41, 5.74) is 0.233. The Balaban J connectivity index is 2.42. The summed E-state index contributed by atoms with van der Waals surface area (Å²) in [6, 6.07) is 2.03. The first-order valence-corrected chi connectivity index (χ1v) is 5.99. The van der Waals surface area contributed by atoms with Gasteiger partial charge in [-0.15, -0.1) is 0 Å². The Labute approximate surface area is 103 Å². The van der Waals surface area contributed by atoms with E-state index in [1.165, 1.54) is 4.68 Å². The van der Waals surface area contributed by atoms with Crippen LogP contribution in [0.4, 0.5) is 13.2 Å². The average Bonchev–Trinajstić information content (AvgIpc) is 2.68. The number of rotatable bonds is 2. The van der Waals surface area contributed by atoms with Gasteiger partial charge in [0.2, 0.25) is 0 Å². The molecule has 6 heteroatoms. The predicted molar refractivity (Wildman–Crippen MR) is 58.6 cm³/mol. The Kier molecular flexibility index (Phi) is 3.33. The Morgan fingerprint density at radius 1 is 1.39 bits per heavy atom. The van der Waals surface area contributed by atoms with Gasteiger partial charge in [-0.25, -0.2) is 0 Å². The molecule has 1 aromatic heterocycles. The Morgan fingerprint density at radius 3 is 2.67 bits per heavy atom. The highest BCUT2D eigenvalue weighted by atomic mass is 19.4. The Morgan fingerprint density at radius 2 is 2.06 bits per heavy atom. The van der Waals surface area contributed by atoms with Crippen molar-refractivity contribution in [3.63, 3.8) is 0 Å². The van der Waals surface area contributed by atoms with Crippen LogP contribution >= 0.6 is 0 Å². The fourth-order valence-corrected chi connectivity index (χ4v) is 2.35. The first-order valence-electron chi connectivity index (χ1n) is 5.99. The molecule has 0 radical (unpaired) electrons. The minimum absolute atomic E-state index is 0.231. The highest BCUT2D eigenvalue weighted by molar-refractivity contribution is 5.30. The zero-order chi connectivity index (χ0) is 13.3. The molecule has 2 rings (SSSR count). The van der Waals surface area contributed by atoms with Crippen molar-refractivity contribution in [3.8, 4) is 6.07 Å². The van der Waals surface area contributed by atoms with Gasteiger partial charge < -0.3 is 0 Å². The summed E-state index contributed by atoms with van der Waals surface area (Å²) in [5.74, 6) is -0.336. The van der Waals surface area contributed by atoms with E-state index in [2.05, 4.69) is 5.10 Å². The number of halogens is 3. The van der Waals surface area contributed by atoms with E-state index < -0.39 is 11.9 Å². The molecule has 18 heavy (non-hydrogen) atoms. The van der Waals surface area contributed by atoms with Crippen LogP contribution in [0.5, 0.6) is 0 Å². The summed E-state index contributed by atoms with van der Waals surface area (Å²) >= 11 is 0. The van der Waals surface area contributed by atoms with Gasteiger partial charge in [0.25, 0.3) is 0 Å². The summed E-state index contributed by atoms with van der Waals surface area (Å²) in [6.45, 7) is 1.92. The molecule has 0 fully saturated rings. The Hall–Kier alpha value is -1.51. The number of nitriles is 1. The molecule has 1 atom stereocenters. The molecule has 0 aromatic carbocycles. The van der Waals surface area contributed by atoms with E-state index in [-0.39, 0.29) is 12.5 Å². The van der Waals surface area contributed by atoms with Crippen LogP contribution in [0.2, 0.25) is 0 Å². The van der Waals surface area contributed by atoms with E-state index >= 15 is 0 Å². The molecule has 0 saturated heterocycles. The molecule has 1 aliphatic rings. The molecule has 0 aliphatic heterocycles. The van der Waals surface area contributed by atoms with E-state index in [1.807, 2.05) is 6.07 Å². The van der Waals surface area contributed by atoms with Gasteiger partial charge in [-0.05, 0) is 32.6 Å². The first-order chi connectivity index (χ1) is 8.43. The van der Waals surface area contributed by atoms with Crippen molar-refractivity contribution in [1.29, 1.82) is 5.26 Å². The van der Waals surface area contributed by atoms with Crippen LogP contribution in [-0.2, 0) is 25.6 Å². The minimum atomic E-state index is -4.40. The lowest BCUT2D eigenvalue weighted by molar-refractivity contribution is -0.142. The van der Waals surface area contributed by atoms with Gasteiger partial charge in [0.1, 0.15) is 0 Å². The second kappa shape index (κ2) is 4.63. The van der Waals surface area contributed by atoms with Gasteiger partial charge in [0, 0.05) is 11.3 Å². The summed E-state index contributed by atoms with van der Waals surface area (Å²) in [6.07, 6.45) is -1.68. The smallest absolute Gasteiger partial charge is 0.267 e. The van der Waals surface area contributed by atoms with E-state index in [9.17, 15) is 13.2 Å². The molecule has 1 aromatic rings. The highest BCUT2D eigenvalue weighted by Crippen LogP contribution is 2.35. The molecule has 0 amide bonds. The summed E-state index contributed by atoms with van der Waals surface area (Å²) in [5, 5.41) is 12.4. The number of hydrogen-bond donors (Lipinski definition) is 0. The van der Waals surface area contributed by atoms with Gasteiger partial charge in [-0.2, -0.15) is 23.5 Å². The second-order valence-electron chi connectivity index (χ2n) is 4.69. The lowest BCUT2D eigenvalue weighted by Gasteiger charge is -2.15. The summed E-state index contributed by atoms with van der Waals surface area (Å²) in [7, 11) is 0. The second-order valence-corrected chi connectivity index (χ2v) is 4.69. The molecule has 0 spiro atoms. The molecule has 1 aliphatic carbocycles. The van der Waals surface area contributed by atoms with E-state index in [4.69, 9.17) is 5.26 Å². The third-order valence-corrected chi connectivity index (χ3v) is 3.19. The fraction of sp³-hybridized carbons (Fsp3) is 0.667. The van der Waals surface area contributed by atoms with Gasteiger partial charge in [-0.1, -0.05) is 0 Å².